The number of piperidine rings is 1. The number of rotatable bonds is 6. The van der Waals surface area contributed by atoms with E-state index in [0.29, 0.717) is 41.0 Å². The maximum Gasteiger partial charge on any atom is 0.182 e. The zero-order valence-electron chi connectivity index (χ0n) is 22.1. The summed E-state index contributed by atoms with van der Waals surface area (Å²) in [6, 6.07) is 17.9. The Balaban J connectivity index is 1.11. The molecule has 0 atom stereocenters. The molecule has 0 aliphatic carbocycles. The van der Waals surface area contributed by atoms with Crippen LogP contribution in [0, 0.1) is 11.3 Å². The molecule has 1 aliphatic heterocycles. The number of nitrogens with zero attached hydrogens (tertiary/aromatic N) is 10. The molecular formula is C30H25N11. The topological polar surface area (TPSA) is 136 Å². The molecule has 1 saturated heterocycles. The van der Waals surface area contributed by atoms with Gasteiger partial charge in [0.15, 0.2) is 22.8 Å². The van der Waals surface area contributed by atoms with Gasteiger partial charge in [-0.15, -0.1) is 5.10 Å². The number of benzene rings is 2. The van der Waals surface area contributed by atoms with Crippen LogP contribution in [0.25, 0.3) is 45.1 Å². The van der Waals surface area contributed by atoms with Crippen LogP contribution in [0.5, 0.6) is 0 Å². The third kappa shape index (κ3) is 5.04. The summed E-state index contributed by atoms with van der Waals surface area (Å²) in [6.07, 6.45) is 11.5. The van der Waals surface area contributed by atoms with Gasteiger partial charge in [-0.05, 0) is 49.7 Å². The maximum atomic E-state index is 9.24. The van der Waals surface area contributed by atoms with E-state index in [1.165, 1.54) is 0 Å². The van der Waals surface area contributed by atoms with Crippen LogP contribution in [0.3, 0.4) is 0 Å². The zero-order chi connectivity index (χ0) is 27.6. The first-order chi connectivity index (χ1) is 20.2. The van der Waals surface area contributed by atoms with Crippen molar-refractivity contribution >= 4 is 11.2 Å². The largest absolute Gasteiger partial charge is 0.317 e. The van der Waals surface area contributed by atoms with Crippen molar-refractivity contribution < 1.29 is 0 Å². The number of aromatic nitrogens is 9. The van der Waals surface area contributed by atoms with Gasteiger partial charge in [0, 0.05) is 40.8 Å². The summed E-state index contributed by atoms with van der Waals surface area (Å²) < 4.78 is 3.82. The molecule has 4 aromatic heterocycles. The minimum Gasteiger partial charge on any atom is -0.317 e. The Kier molecular flexibility index (Phi) is 6.42. The average molecular weight is 540 g/mol. The second-order valence-electron chi connectivity index (χ2n) is 10.0. The molecule has 200 valence electrons. The Morgan fingerprint density at radius 3 is 2.46 bits per heavy atom. The molecule has 0 bridgehead atoms. The molecule has 41 heavy (non-hydrogen) atoms. The molecule has 11 nitrogen and oxygen atoms in total. The van der Waals surface area contributed by atoms with E-state index in [1.54, 1.807) is 23.0 Å². The molecule has 0 radical (unpaired) electrons. The van der Waals surface area contributed by atoms with Crippen molar-refractivity contribution in [3.8, 4) is 40.0 Å². The van der Waals surface area contributed by atoms with E-state index in [0.717, 1.165) is 53.7 Å². The van der Waals surface area contributed by atoms with E-state index in [2.05, 4.69) is 58.7 Å². The van der Waals surface area contributed by atoms with Crippen LogP contribution >= 0.6 is 0 Å². The van der Waals surface area contributed by atoms with Gasteiger partial charge in [-0.25, -0.2) is 24.6 Å². The molecule has 2 aromatic carbocycles. The Morgan fingerprint density at radius 2 is 1.63 bits per heavy atom. The van der Waals surface area contributed by atoms with Crippen LogP contribution in [0.15, 0.2) is 79.5 Å². The van der Waals surface area contributed by atoms with Crippen LogP contribution < -0.4 is 5.32 Å². The summed E-state index contributed by atoms with van der Waals surface area (Å²) in [4.78, 5) is 18.4. The molecular weight excluding hydrogens is 514 g/mol. The molecule has 1 aliphatic rings. The Labute approximate surface area is 235 Å². The predicted octanol–water partition coefficient (Wildman–Crippen LogP) is 4.05. The molecule has 0 saturated carbocycles. The van der Waals surface area contributed by atoms with Crippen LogP contribution in [-0.2, 0) is 6.54 Å². The van der Waals surface area contributed by atoms with Crippen molar-refractivity contribution in [1.29, 1.82) is 5.26 Å². The lowest BCUT2D eigenvalue weighted by molar-refractivity contribution is 0.343. The highest BCUT2D eigenvalue weighted by molar-refractivity contribution is 5.72. The fourth-order valence-electron chi connectivity index (χ4n) is 5.11. The lowest BCUT2D eigenvalue weighted by Gasteiger charge is -2.22. The Hall–Kier alpha value is -5.34. The number of fused-ring (bicyclic) bond motifs is 1. The number of nitrogens with one attached hydrogen (secondary N) is 1. The van der Waals surface area contributed by atoms with E-state index in [-0.39, 0.29) is 0 Å². The normalized spacial score (nSPS) is 13.8. The second kappa shape index (κ2) is 10.7. The van der Waals surface area contributed by atoms with Gasteiger partial charge in [0.2, 0.25) is 0 Å². The van der Waals surface area contributed by atoms with Crippen molar-refractivity contribution in [2.75, 3.05) is 13.1 Å². The van der Waals surface area contributed by atoms with Crippen molar-refractivity contribution in [2.45, 2.75) is 25.4 Å². The average Bonchev–Trinajstić information content (AvgIpc) is 3.70. The van der Waals surface area contributed by atoms with E-state index in [4.69, 9.17) is 4.98 Å². The van der Waals surface area contributed by atoms with E-state index in [1.807, 2.05) is 48.9 Å². The quantitative estimate of drug-likeness (QED) is 0.332. The summed E-state index contributed by atoms with van der Waals surface area (Å²) in [5.41, 5.74) is 6.41. The first-order valence-electron chi connectivity index (χ1n) is 13.5. The first-order valence-corrected chi connectivity index (χ1v) is 13.5. The minimum atomic E-state index is 0.433. The van der Waals surface area contributed by atoms with Crippen molar-refractivity contribution in [3.63, 3.8) is 0 Å². The molecule has 1 N–H and O–H groups in total. The zero-order valence-corrected chi connectivity index (χ0v) is 22.1. The summed E-state index contributed by atoms with van der Waals surface area (Å²) in [5, 5.41) is 25.8. The molecule has 0 amide bonds. The molecule has 1 fully saturated rings. The molecule has 0 spiro atoms. The van der Waals surface area contributed by atoms with Crippen molar-refractivity contribution in [1.82, 2.24) is 50.0 Å². The molecule has 0 unspecified atom stereocenters. The monoisotopic (exact) mass is 539 g/mol. The minimum absolute atomic E-state index is 0.433. The molecule has 11 heteroatoms. The standard InChI is InChI=1S/C30H25N11/c31-13-20-3-1-6-23(11-20)29-35-17-27-30(37-29)41(39-38-27)18-21-4-2-5-22(12-21)28-33-14-24(15-34-28)25-16-36-40(19-25)26-7-9-32-10-8-26/h1-6,11-12,14-17,19,26,32H,7-10,18H2. The van der Waals surface area contributed by atoms with Crippen LogP contribution in [0.4, 0.5) is 0 Å². The van der Waals surface area contributed by atoms with E-state index >= 15 is 0 Å². The van der Waals surface area contributed by atoms with Gasteiger partial charge in [-0.1, -0.05) is 35.5 Å². The fraction of sp³-hybridized carbons (Fsp3) is 0.200. The van der Waals surface area contributed by atoms with E-state index in [9.17, 15) is 5.26 Å². The Bertz CT molecular complexity index is 1880. The number of hydrogen-bond acceptors (Lipinski definition) is 9. The van der Waals surface area contributed by atoms with Gasteiger partial charge in [0.25, 0.3) is 0 Å². The summed E-state index contributed by atoms with van der Waals surface area (Å²) in [6.45, 7) is 2.51. The molecule has 7 rings (SSSR count). The van der Waals surface area contributed by atoms with Gasteiger partial charge >= 0.3 is 0 Å². The second-order valence-corrected chi connectivity index (χ2v) is 10.0. The summed E-state index contributed by atoms with van der Waals surface area (Å²) in [5.74, 6) is 1.16. The highest BCUT2D eigenvalue weighted by atomic mass is 15.4. The van der Waals surface area contributed by atoms with Gasteiger partial charge < -0.3 is 5.32 Å². The van der Waals surface area contributed by atoms with Crippen LogP contribution in [-0.4, -0.2) is 57.8 Å². The SMILES string of the molecule is N#Cc1cccc(-c2ncc3nnn(Cc4cccc(-c5ncc(-c6cnn(C7CCNCC7)c6)cn5)c4)c3n2)c1. The molecule has 5 heterocycles. The van der Waals surface area contributed by atoms with E-state index < -0.39 is 0 Å². The highest BCUT2D eigenvalue weighted by Gasteiger charge is 2.16. The lowest BCUT2D eigenvalue weighted by Crippen LogP contribution is -2.29. The van der Waals surface area contributed by atoms with Crippen LogP contribution in [0.1, 0.15) is 30.0 Å². The predicted molar refractivity (Wildman–Crippen MR) is 152 cm³/mol. The van der Waals surface area contributed by atoms with Gasteiger partial charge in [-0.3, -0.25) is 4.68 Å². The lowest BCUT2D eigenvalue weighted by atomic mass is 10.1. The van der Waals surface area contributed by atoms with Gasteiger partial charge in [0.05, 0.1) is 36.6 Å². The van der Waals surface area contributed by atoms with Gasteiger partial charge in [-0.2, -0.15) is 10.4 Å². The Morgan fingerprint density at radius 1 is 0.854 bits per heavy atom. The van der Waals surface area contributed by atoms with Crippen molar-refractivity contribution in [2.24, 2.45) is 0 Å². The molecule has 6 aromatic rings. The third-order valence-corrected chi connectivity index (χ3v) is 7.29. The highest BCUT2D eigenvalue weighted by Crippen LogP contribution is 2.25. The summed E-state index contributed by atoms with van der Waals surface area (Å²) >= 11 is 0. The third-order valence-electron chi connectivity index (χ3n) is 7.29. The maximum absolute atomic E-state index is 9.24. The van der Waals surface area contributed by atoms with Gasteiger partial charge in [0.1, 0.15) is 0 Å². The number of hydrogen-bond donors (Lipinski definition) is 1. The number of nitriles is 1. The fourth-order valence-corrected chi connectivity index (χ4v) is 5.11. The van der Waals surface area contributed by atoms with Crippen LogP contribution in [0.2, 0.25) is 0 Å². The first kappa shape index (κ1) is 24.7. The van der Waals surface area contributed by atoms with Crippen molar-refractivity contribution in [3.05, 3.63) is 90.6 Å². The smallest absolute Gasteiger partial charge is 0.182 e. The summed E-state index contributed by atoms with van der Waals surface area (Å²) in [7, 11) is 0.